The summed E-state index contributed by atoms with van der Waals surface area (Å²) in [5.41, 5.74) is -1.40. The summed E-state index contributed by atoms with van der Waals surface area (Å²) < 4.78 is 49.8. The summed E-state index contributed by atoms with van der Waals surface area (Å²) in [6.45, 7) is -0.416. The highest BCUT2D eigenvalue weighted by Crippen LogP contribution is 2.28. The fourth-order valence-corrected chi connectivity index (χ4v) is 2.77. The van der Waals surface area contributed by atoms with Gasteiger partial charge in [0.15, 0.2) is 0 Å². The van der Waals surface area contributed by atoms with E-state index in [4.69, 9.17) is 10.2 Å². The molecule has 10 heteroatoms. The maximum atomic E-state index is 13.8. The number of benzene rings is 1. The number of aromatic carboxylic acids is 1. The molecular weight excluding hydrogens is 310 g/mol. The third-order valence-electron chi connectivity index (χ3n) is 3.11. The van der Waals surface area contributed by atoms with Crippen molar-refractivity contribution < 1.29 is 31.9 Å². The number of carboxylic acid groups (broad SMARTS) is 1. The summed E-state index contributed by atoms with van der Waals surface area (Å²) in [7, 11) is -3.99. The van der Waals surface area contributed by atoms with Crippen LogP contribution in [0.3, 0.4) is 0 Å². The first-order valence-electron chi connectivity index (χ1n) is 5.65. The molecule has 0 spiro atoms. The molecule has 1 aromatic rings. The molecule has 1 fully saturated rings. The molecule has 21 heavy (non-hydrogen) atoms. The van der Waals surface area contributed by atoms with Gasteiger partial charge >= 0.3 is 5.97 Å². The maximum Gasteiger partial charge on any atom is 0.338 e. The molecule has 1 saturated heterocycles. The van der Waals surface area contributed by atoms with E-state index >= 15 is 0 Å². The highest BCUT2D eigenvalue weighted by Gasteiger charge is 2.38. The van der Waals surface area contributed by atoms with Gasteiger partial charge in [0.05, 0.1) is 11.3 Å². The summed E-state index contributed by atoms with van der Waals surface area (Å²) in [4.78, 5) is 23.1. The number of nitrogens with zero attached hydrogens (tertiary/aromatic N) is 1. The Morgan fingerprint density at radius 2 is 1.95 bits per heavy atom. The Kier molecular flexibility index (Phi) is 3.68. The molecule has 0 saturated carbocycles. The summed E-state index contributed by atoms with van der Waals surface area (Å²) >= 11 is 0. The Morgan fingerprint density at radius 1 is 1.33 bits per heavy atom. The number of carbonyl (C=O) groups is 2. The van der Waals surface area contributed by atoms with Crippen molar-refractivity contribution in [1.29, 1.82) is 0 Å². The molecule has 1 heterocycles. The molecule has 1 atom stereocenters. The van der Waals surface area contributed by atoms with Crippen LogP contribution in [-0.4, -0.2) is 37.2 Å². The van der Waals surface area contributed by atoms with Crippen LogP contribution in [0.4, 0.5) is 14.5 Å². The zero-order chi connectivity index (χ0) is 15.9. The lowest BCUT2D eigenvalue weighted by atomic mass is 10.1. The molecule has 0 bridgehead atoms. The van der Waals surface area contributed by atoms with Crippen LogP contribution in [0, 0.1) is 11.6 Å². The monoisotopic (exact) mass is 320 g/mol. The van der Waals surface area contributed by atoms with E-state index in [9.17, 15) is 26.8 Å². The normalized spacial score (nSPS) is 19.1. The van der Waals surface area contributed by atoms with Crippen molar-refractivity contribution in [3.8, 4) is 0 Å². The number of halogens is 2. The molecule has 114 valence electrons. The van der Waals surface area contributed by atoms with Crippen LogP contribution >= 0.6 is 0 Å². The summed E-state index contributed by atoms with van der Waals surface area (Å²) in [5, 5.41) is 12.4. The number of carboxylic acids is 1. The lowest BCUT2D eigenvalue weighted by molar-refractivity contribution is -0.117. The Hall–Kier alpha value is -2.07. The van der Waals surface area contributed by atoms with E-state index in [2.05, 4.69) is 0 Å². The van der Waals surface area contributed by atoms with Gasteiger partial charge in [0.25, 0.3) is 0 Å². The maximum absolute atomic E-state index is 13.8. The molecule has 1 aliphatic heterocycles. The summed E-state index contributed by atoms with van der Waals surface area (Å²) in [5.74, 6) is -4.77. The van der Waals surface area contributed by atoms with Gasteiger partial charge in [-0.3, -0.25) is 4.79 Å². The van der Waals surface area contributed by atoms with Crippen LogP contribution in [-0.2, 0) is 14.8 Å². The van der Waals surface area contributed by atoms with Crippen LogP contribution in [0.2, 0.25) is 0 Å². The Morgan fingerprint density at radius 3 is 2.43 bits per heavy atom. The summed E-state index contributed by atoms with van der Waals surface area (Å²) in [6, 6.07) is 0.979. The lowest BCUT2D eigenvalue weighted by Crippen LogP contribution is -2.32. The molecule has 1 aliphatic rings. The molecule has 1 aromatic carbocycles. The molecule has 0 radical (unpaired) electrons. The predicted molar refractivity (Wildman–Crippen MR) is 67.2 cm³/mol. The minimum Gasteiger partial charge on any atom is -0.478 e. The van der Waals surface area contributed by atoms with Gasteiger partial charge in [-0.05, 0) is 6.07 Å². The van der Waals surface area contributed by atoms with Gasteiger partial charge in [0.2, 0.25) is 15.9 Å². The average molecular weight is 320 g/mol. The second kappa shape index (κ2) is 5.04. The minimum atomic E-state index is -3.99. The third kappa shape index (κ3) is 2.85. The van der Waals surface area contributed by atoms with E-state index in [1.54, 1.807) is 0 Å². The molecule has 1 unspecified atom stereocenters. The van der Waals surface area contributed by atoms with Gasteiger partial charge in [-0.1, -0.05) is 0 Å². The van der Waals surface area contributed by atoms with Crippen LogP contribution in [0.5, 0.6) is 0 Å². The second-order valence-corrected chi connectivity index (χ2v) is 6.35. The van der Waals surface area contributed by atoms with E-state index < -0.39 is 63.0 Å². The zero-order valence-corrected chi connectivity index (χ0v) is 11.2. The van der Waals surface area contributed by atoms with Crippen LogP contribution in [0.15, 0.2) is 12.1 Å². The van der Waals surface area contributed by atoms with E-state index in [0.29, 0.717) is 12.1 Å². The highest BCUT2D eigenvalue weighted by molar-refractivity contribution is 7.89. The van der Waals surface area contributed by atoms with Gasteiger partial charge in [-0.2, -0.15) is 0 Å². The van der Waals surface area contributed by atoms with E-state index in [0.717, 1.165) is 4.90 Å². The van der Waals surface area contributed by atoms with Crippen LogP contribution in [0.25, 0.3) is 0 Å². The molecule has 0 aromatic heterocycles. The standard InChI is InChI=1S/C11H10F2N2O5S/c12-7-3-9(8(13)2-6(7)11(17)18)15-4-5(1-10(15)16)21(14,19)20/h2-3,5H,1,4H2,(H,17,18)(H2,14,19,20). The van der Waals surface area contributed by atoms with Crippen molar-refractivity contribution in [2.45, 2.75) is 11.7 Å². The molecule has 0 aliphatic carbocycles. The van der Waals surface area contributed by atoms with E-state index in [-0.39, 0.29) is 0 Å². The lowest BCUT2D eigenvalue weighted by Gasteiger charge is -2.17. The molecular formula is C11H10F2N2O5S. The number of anilines is 1. The number of hydrogen-bond donors (Lipinski definition) is 2. The van der Waals surface area contributed by atoms with E-state index in [1.165, 1.54) is 0 Å². The smallest absolute Gasteiger partial charge is 0.338 e. The quantitative estimate of drug-likeness (QED) is 0.816. The number of amides is 1. The number of hydrogen-bond acceptors (Lipinski definition) is 4. The average Bonchev–Trinajstić information content (AvgIpc) is 2.73. The molecule has 2 rings (SSSR count). The minimum absolute atomic E-state index is 0.416. The van der Waals surface area contributed by atoms with Gasteiger partial charge in [-0.15, -0.1) is 0 Å². The first-order chi connectivity index (χ1) is 9.61. The molecule has 3 N–H and O–H groups in total. The fourth-order valence-electron chi connectivity index (χ4n) is 2.03. The third-order valence-corrected chi connectivity index (χ3v) is 4.36. The Balaban J connectivity index is 2.42. The zero-order valence-electron chi connectivity index (χ0n) is 10.4. The van der Waals surface area contributed by atoms with Crippen molar-refractivity contribution in [3.05, 3.63) is 29.3 Å². The number of carbonyl (C=O) groups excluding carboxylic acids is 1. The topological polar surface area (TPSA) is 118 Å². The number of rotatable bonds is 3. The SMILES string of the molecule is NS(=O)(=O)C1CC(=O)N(c2cc(F)c(C(=O)O)cc2F)C1. The number of primary sulfonamides is 1. The van der Waals surface area contributed by atoms with Gasteiger partial charge in [0.1, 0.15) is 16.9 Å². The van der Waals surface area contributed by atoms with Crippen LogP contribution < -0.4 is 10.0 Å². The highest BCUT2D eigenvalue weighted by atomic mass is 32.2. The number of nitrogens with two attached hydrogens (primary N) is 1. The number of sulfonamides is 1. The fraction of sp³-hybridized carbons (Fsp3) is 0.273. The summed E-state index contributed by atoms with van der Waals surface area (Å²) in [6.07, 6.45) is -0.444. The van der Waals surface area contributed by atoms with Crippen LogP contribution in [0.1, 0.15) is 16.8 Å². The largest absolute Gasteiger partial charge is 0.478 e. The Bertz CT molecular complexity index is 734. The van der Waals surface area contributed by atoms with Gasteiger partial charge < -0.3 is 10.0 Å². The van der Waals surface area contributed by atoms with Gasteiger partial charge in [-0.25, -0.2) is 27.1 Å². The first kappa shape index (κ1) is 15.3. The van der Waals surface area contributed by atoms with Crippen molar-refractivity contribution in [2.24, 2.45) is 5.14 Å². The first-order valence-corrected chi connectivity index (χ1v) is 7.26. The molecule has 1 amide bonds. The van der Waals surface area contributed by atoms with Crippen molar-refractivity contribution in [1.82, 2.24) is 0 Å². The van der Waals surface area contributed by atoms with Crippen molar-refractivity contribution >= 4 is 27.6 Å². The van der Waals surface area contributed by atoms with Gasteiger partial charge in [0, 0.05) is 19.0 Å². The van der Waals surface area contributed by atoms with Crippen molar-refractivity contribution in [3.63, 3.8) is 0 Å². The van der Waals surface area contributed by atoms with Crippen molar-refractivity contribution in [2.75, 3.05) is 11.4 Å². The van der Waals surface area contributed by atoms with E-state index in [1.807, 2.05) is 0 Å². The predicted octanol–water partition coefficient (Wildman–Crippen LogP) is 0.0568. The molecule has 7 nitrogen and oxygen atoms in total. The Labute approximate surface area is 118 Å². The second-order valence-electron chi connectivity index (χ2n) is 4.51.